The molecule has 0 bridgehead atoms. The molecule has 176 valence electrons. The quantitative estimate of drug-likeness (QED) is 0.350. The number of halogens is 6. The monoisotopic (exact) mass is 574 g/mol. The molecule has 0 amide bonds. The van der Waals surface area contributed by atoms with Crippen LogP contribution < -0.4 is 10.5 Å². The number of hydrogen-bond acceptors (Lipinski definition) is 1. The number of benzene rings is 3. The summed E-state index contributed by atoms with van der Waals surface area (Å²) in [7, 11) is 0. The molecule has 0 aromatic heterocycles. The molecule has 0 radical (unpaired) electrons. The summed E-state index contributed by atoms with van der Waals surface area (Å²) in [6.07, 6.45) is -11.9. The molecule has 8 heteroatoms. The van der Waals surface area contributed by atoms with Gasteiger partial charge in [0.25, 0.3) is 0 Å². The third kappa shape index (κ3) is 4.95. The van der Waals surface area contributed by atoms with Gasteiger partial charge in [-0.15, -0.1) is 0 Å². The minimum absolute atomic E-state index is 0.0904. The minimum atomic E-state index is -5.94. The van der Waals surface area contributed by atoms with Gasteiger partial charge in [-0.25, -0.2) is 0 Å². The average molecular weight is 575 g/mol. The Morgan fingerprint density at radius 2 is 1.06 bits per heavy atom. The van der Waals surface area contributed by atoms with Crippen LogP contribution in [0, 0.1) is 0 Å². The van der Waals surface area contributed by atoms with Crippen LogP contribution in [0.1, 0.15) is 31.9 Å². The van der Waals surface area contributed by atoms with Gasteiger partial charge in [0.2, 0.25) is 0 Å². The van der Waals surface area contributed by atoms with E-state index in [0.717, 1.165) is 17.7 Å². The fourth-order valence-electron chi connectivity index (χ4n) is 3.56. The van der Waals surface area contributed by atoms with Gasteiger partial charge in [0.1, 0.15) is 0 Å². The van der Waals surface area contributed by atoms with E-state index in [2.05, 4.69) is 0 Å². The molecule has 0 saturated carbocycles. The van der Waals surface area contributed by atoms with Crippen LogP contribution in [-0.2, 0) is 11.0 Å². The molecule has 0 fully saturated rings. The van der Waals surface area contributed by atoms with Crippen molar-refractivity contribution in [1.82, 2.24) is 0 Å². The molecule has 0 aliphatic heterocycles. The molecule has 1 N–H and O–H groups in total. The first-order valence-corrected chi connectivity index (χ1v) is 13.9. The maximum absolute atomic E-state index is 13.8. The van der Waals surface area contributed by atoms with Crippen molar-refractivity contribution < 1.29 is 31.4 Å². The van der Waals surface area contributed by atoms with Crippen LogP contribution in [0.5, 0.6) is 0 Å². The Morgan fingerprint density at radius 1 is 0.606 bits per heavy atom. The van der Waals surface area contributed by atoms with Crippen molar-refractivity contribution in [2.75, 3.05) is 0 Å². The van der Waals surface area contributed by atoms with Gasteiger partial charge in [0.15, 0.2) is 0 Å². The Morgan fingerprint density at radius 3 is 1.55 bits per heavy atom. The zero-order chi connectivity index (χ0) is 24.7. The summed E-state index contributed by atoms with van der Waals surface area (Å²) < 4.78 is 83.9. The Balaban J connectivity index is 2.31. The van der Waals surface area contributed by atoms with Gasteiger partial charge in [-0.05, 0) is 0 Å². The molecular formula is C25H23F6OSb. The fourth-order valence-corrected chi connectivity index (χ4v) is 10.6. The molecule has 0 spiro atoms. The predicted octanol–water partition coefficient (Wildman–Crippen LogP) is 4.81. The molecule has 0 aliphatic rings. The molecule has 3 rings (SSSR count). The van der Waals surface area contributed by atoms with Crippen LogP contribution in [0.3, 0.4) is 0 Å². The summed E-state index contributed by atoms with van der Waals surface area (Å²) in [5, 5.41) is 10.2. The first kappa shape index (κ1) is 25.6. The zero-order valence-corrected chi connectivity index (χ0v) is 20.7. The summed E-state index contributed by atoms with van der Waals surface area (Å²) in [4.78, 5) is 0. The standard InChI is InChI=1S/C10H13.C9H5F6O.C6H5.Sb/c1-10(2,3)9-7-5-4-6-8-9;10-8(11,12)7(16,9(13,14)15)6-4-2-1-3-5-6;1-2-4-6-5-3-1;/h5-8H,1-3H3;1-4,16H;1-5H;. The third-order valence-corrected chi connectivity index (χ3v) is 12.5. The second-order valence-electron chi connectivity index (χ2n) is 8.69. The van der Waals surface area contributed by atoms with E-state index in [1.165, 1.54) is 12.1 Å². The first-order chi connectivity index (χ1) is 15.2. The number of hydrogen-bond donors (Lipinski definition) is 1. The zero-order valence-electron chi connectivity index (χ0n) is 18.2. The second kappa shape index (κ2) is 8.99. The van der Waals surface area contributed by atoms with E-state index in [-0.39, 0.29) is 8.92 Å². The van der Waals surface area contributed by atoms with E-state index >= 15 is 0 Å². The van der Waals surface area contributed by atoms with E-state index in [0.29, 0.717) is 7.02 Å². The molecule has 0 saturated heterocycles. The molecule has 3 aromatic carbocycles. The second-order valence-corrected chi connectivity index (χ2v) is 14.9. The Hall–Kier alpha value is -1.98. The van der Waals surface area contributed by atoms with Crippen LogP contribution in [0.15, 0.2) is 78.9 Å². The van der Waals surface area contributed by atoms with Gasteiger partial charge < -0.3 is 0 Å². The SMILES string of the molecule is CC(C)(C)c1cc[c]([Sb]([c]2ccccc2)[c]2ccccc2C(O)(C(F)(F)F)C(F)(F)F)cc1. The summed E-state index contributed by atoms with van der Waals surface area (Å²) in [5.74, 6) is 0. The van der Waals surface area contributed by atoms with Crippen LogP contribution in [-0.4, -0.2) is 37.7 Å². The molecule has 33 heavy (non-hydrogen) atoms. The Bertz CT molecular complexity index is 1070. The van der Waals surface area contributed by atoms with Crippen LogP contribution >= 0.6 is 0 Å². The van der Waals surface area contributed by atoms with E-state index in [1.807, 2.05) is 32.9 Å². The van der Waals surface area contributed by atoms with Crippen molar-refractivity contribution in [3.63, 3.8) is 0 Å². The van der Waals surface area contributed by atoms with Crippen LogP contribution in [0.25, 0.3) is 0 Å². The van der Waals surface area contributed by atoms with Gasteiger partial charge in [-0.2, -0.15) is 0 Å². The van der Waals surface area contributed by atoms with Crippen molar-refractivity contribution in [1.29, 1.82) is 0 Å². The van der Waals surface area contributed by atoms with Gasteiger partial charge in [-0.1, -0.05) is 0 Å². The van der Waals surface area contributed by atoms with Gasteiger partial charge >= 0.3 is 196 Å². The molecule has 0 aliphatic carbocycles. The normalized spacial score (nSPS) is 13.4. The summed E-state index contributed by atoms with van der Waals surface area (Å²) in [6.45, 7) is 6.04. The molecule has 0 atom stereocenters. The number of alkyl halides is 6. The number of rotatable bonds is 4. The summed E-state index contributed by atoms with van der Waals surface area (Å²) in [5.41, 5.74) is -5.30. The van der Waals surface area contributed by atoms with Crippen molar-refractivity contribution in [2.24, 2.45) is 0 Å². The average Bonchev–Trinajstić information content (AvgIpc) is 2.73. The van der Waals surface area contributed by atoms with Crippen molar-refractivity contribution in [3.8, 4) is 0 Å². The molecule has 0 unspecified atom stereocenters. The summed E-state index contributed by atoms with van der Waals surface area (Å²) in [6, 6.07) is 20.4. The Labute approximate surface area is 196 Å². The van der Waals surface area contributed by atoms with E-state index < -0.39 is 43.7 Å². The van der Waals surface area contributed by atoms with E-state index in [4.69, 9.17) is 0 Å². The van der Waals surface area contributed by atoms with Crippen molar-refractivity contribution >= 4 is 30.7 Å². The molecule has 3 aromatic rings. The van der Waals surface area contributed by atoms with Crippen molar-refractivity contribution in [3.05, 3.63) is 90.0 Å². The topological polar surface area (TPSA) is 20.2 Å². The third-order valence-electron chi connectivity index (χ3n) is 5.36. The molecular weight excluding hydrogens is 552 g/mol. The molecule has 1 nitrogen and oxygen atoms in total. The first-order valence-electron chi connectivity index (χ1n) is 10.1. The van der Waals surface area contributed by atoms with E-state index in [9.17, 15) is 31.4 Å². The van der Waals surface area contributed by atoms with E-state index in [1.54, 1.807) is 42.5 Å². The molecule has 0 heterocycles. The van der Waals surface area contributed by atoms with Gasteiger partial charge in [0.05, 0.1) is 0 Å². The van der Waals surface area contributed by atoms with Gasteiger partial charge in [-0.3, -0.25) is 0 Å². The predicted molar refractivity (Wildman–Crippen MR) is 119 cm³/mol. The summed E-state index contributed by atoms with van der Waals surface area (Å²) >= 11 is -3.42. The van der Waals surface area contributed by atoms with Crippen LogP contribution in [0.2, 0.25) is 0 Å². The van der Waals surface area contributed by atoms with Crippen molar-refractivity contribution in [2.45, 2.75) is 44.1 Å². The Kier molecular flexibility index (Phi) is 6.99. The van der Waals surface area contributed by atoms with Gasteiger partial charge in [0, 0.05) is 0 Å². The fraction of sp³-hybridized carbons (Fsp3) is 0.280. The number of aliphatic hydroxyl groups is 1. The maximum atomic E-state index is 13.8. The van der Waals surface area contributed by atoms with Crippen LogP contribution in [0.4, 0.5) is 26.3 Å².